The number of carbonyl (C=O) groups is 4. The molecule has 0 aromatic heterocycles. The van der Waals surface area contributed by atoms with E-state index in [-0.39, 0.29) is 50.3 Å². The second-order valence-corrected chi connectivity index (χ2v) is 26.9. The second kappa shape index (κ2) is 70.2. The van der Waals surface area contributed by atoms with Crippen LogP contribution in [0.15, 0.2) is 0 Å². The van der Waals surface area contributed by atoms with Crippen LogP contribution in [0.5, 0.6) is 0 Å². The van der Waals surface area contributed by atoms with Gasteiger partial charge in [0.1, 0.15) is 0 Å². The van der Waals surface area contributed by atoms with Crippen molar-refractivity contribution in [1.29, 1.82) is 0 Å². The summed E-state index contributed by atoms with van der Waals surface area (Å²) in [5, 5.41) is 40.9. The number of carboxylic acid groups (broad SMARTS) is 4. The Morgan fingerprint density at radius 1 is 0.202 bits per heavy atom. The quantitative estimate of drug-likeness (QED) is 0.0242. The summed E-state index contributed by atoms with van der Waals surface area (Å²) in [4.78, 5) is 40.9. The van der Waals surface area contributed by atoms with Crippen molar-refractivity contribution in [3.63, 3.8) is 0 Å². The van der Waals surface area contributed by atoms with Gasteiger partial charge < -0.3 is 58.6 Å². The van der Waals surface area contributed by atoms with Crippen LogP contribution in [0.1, 0.15) is 417 Å². The molecule has 0 saturated carbocycles. The molecule has 0 aliphatic carbocycles. The number of rotatable bonds is 60. The maximum absolute atomic E-state index is 10.2. The van der Waals surface area contributed by atoms with Crippen LogP contribution in [0.3, 0.4) is 0 Å². The van der Waals surface area contributed by atoms with E-state index in [2.05, 4.69) is 102 Å². The van der Waals surface area contributed by atoms with Crippen molar-refractivity contribution in [3.8, 4) is 0 Å². The normalized spacial score (nSPS) is 11.5. The third-order valence-electron chi connectivity index (χ3n) is 19.0. The number of hydrogen-bond donors (Lipinski definition) is 0. The van der Waals surface area contributed by atoms with Crippen molar-refractivity contribution in [1.82, 2.24) is 0 Å². The Bertz CT molecular complexity index is 1190. The molecule has 0 fully saturated rings. The molecule has 0 amide bonds. The van der Waals surface area contributed by atoms with E-state index >= 15 is 0 Å². The van der Waals surface area contributed by atoms with E-state index in [4.69, 9.17) is 0 Å². The van der Waals surface area contributed by atoms with E-state index in [1.165, 1.54) is 283 Å². The van der Waals surface area contributed by atoms with Crippen molar-refractivity contribution >= 4 is 48.5 Å². The van der Waals surface area contributed by atoms with Gasteiger partial charge in [0.05, 0.1) is 0 Å². The maximum Gasteiger partial charge on any atom is 4.00 e. The summed E-state index contributed by atoms with van der Waals surface area (Å²) in [6, 6.07) is 0. The SMILES string of the molecule is CCCCC(CCCC)(CCCC)CCCCCOC(=O)[O-].CCCCC(CCCC)(CCCC)CCCCCOC(=O)[O-].CCCCC(CCCC)(CCCC)CCCCCOC(=O)[O-].CCCCC(CCCC)(CCCC)CCCCCOC(=O)[O-].[Sn+4]. The summed E-state index contributed by atoms with van der Waals surface area (Å²) >= 11 is 0. The summed E-state index contributed by atoms with van der Waals surface area (Å²) in [5.41, 5.74) is 2.10. The third kappa shape index (κ3) is 63.1. The Kier molecular flexibility index (Phi) is 75.4. The van der Waals surface area contributed by atoms with E-state index in [9.17, 15) is 39.6 Å². The molecular formula is C76H148O12Sn. The van der Waals surface area contributed by atoms with Crippen LogP contribution < -0.4 is 20.4 Å². The van der Waals surface area contributed by atoms with Crippen molar-refractivity contribution in [2.24, 2.45) is 21.7 Å². The van der Waals surface area contributed by atoms with E-state index in [1.54, 1.807) is 0 Å². The topological polar surface area (TPSA) is 197 Å². The zero-order valence-electron chi connectivity index (χ0n) is 61.0. The zero-order chi connectivity index (χ0) is 66.7. The molecule has 0 aliphatic heterocycles. The summed E-state index contributed by atoms with van der Waals surface area (Å²) in [7, 11) is 0. The largest absolute Gasteiger partial charge is 4.00 e. The first kappa shape index (κ1) is 95.6. The predicted octanol–water partition coefficient (Wildman–Crippen LogP) is 21.5. The van der Waals surface area contributed by atoms with Crippen molar-refractivity contribution in [3.05, 3.63) is 0 Å². The zero-order valence-corrected chi connectivity index (χ0v) is 63.9. The molecule has 0 saturated heterocycles. The van der Waals surface area contributed by atoms with Gasteiger partial charge in [-0.05, 0) is 150 Å². The number of unbranched alkanes of at least 4 members (excludes halogenated alkanes) is 20. The van der Waals surface area contributed by atoms with Gasteiger partial charge >= 0.3 is 23.9 Å². The fourth-order valence-electron chi connectivity index (χ4n) is 13.4. The van der Waals surface area contributed by atoms with Gasteiger partial charge in [-0.25, -0.2) is 0 Å². The van der Waals surface area contributed by atoms with Crippen LogP contribution in [0, 0.1) is 21.7 Å². The molecule has 12 nitrogen and oxygen atoms in total. The molecule has 0 N–H and O–H groups in total. The molecule has 0 atom stereocenters. The molecule has 528 valence electrons. The van der Waals surface area contributed by atoms with E-state index in [0.717, 1.165) is 51.4 Å². The van der Waals surface area contributed by atoms with Crippen LogP contribution in [0.2, 0.25) is 0 Å². The summed E-state index contributed by atoms with van der Waals surface area (Å²) in [6.07, 6.45) is 59.5. The van der Waals surface area contributed by atoms with Crippen LogP contribution in [0.4, 0.5) is 19.2 Å². The van der Waals surface area contributed by atoms with Crippen LogP contribution in [0.25, 0.3) is 0 Å². The summed E-state index contributed by atoms with van der Waals surface area (Å²) < 4.78 is 17.9. The van der Waals surface area contributed by atoms with Gasteiger partial charge in [-0.3, -0.25) is 0 Å². The first-order chi connectivity index (χ1) is 42.4. The van der Waals surface area contributed by atoms with E-state index < -0.39 is 24.6 Å². The smallest absolute Gasteiger partial charge is 0.550 e. The Labute approximate surface area is 568 Å². The minimum Gasteiger partial charge on any atom is -0.550 e. The molecule has 13 heteroatoms. The standard InChI is InChI=1S/4C19H38O3.Sn/c4*1-4-7-13-19(14-8-5-2,15-9-6-3)16-11-10-12-17-22-18(20)21;/h4*4-17H2,1-3H3,(H,20,21);/q;;;;+4/p-4. The molecule has 89 heavy (non-hydrogen) atoms. The van der Waals surface area contributed by atoms with Crippen LogP contribution in [-0.4, -0.2) is 75.0 Å². The second-order valence-electron chi connectivity index (χ2n) is 26.9. The van der Waals surface area contributed by atoms with Crippen LogP contribution in [-0.2, 0) is 18.9 Å². The van der Waals surface area contributed by atoms with E-state index in [1.807, 2.05) is 0 Å². The molecule has 0 unspecified atom stereocenters. The molecule has 0 heterocycles. The van der Waals surface area contributed by atoms with Gasteiger partial charge in [-0.2, -0.15) is 0 Å². The minimum absolute atomic E-state index is 0. The van der Waals surface area contributed by atoms with Crippen molar-refractivity contribution in [2.45, 2.75) is 417 Å². The molecule has 0 aromatic carbocycles. The van der Waals surface area contributed by atoms with E-state index in [0.29, 0.717) is 21.7 Å². The van der Waals surface area contributed by atoms with Gasteiger partial charge in [0.2, 0.25) is 0 Å². The maximum atomic E-state index is 10.2. The van der Waals surface area contributed by atoms with Gasteiger partial charge in [-0.15, -0.1) is 0 Å². The molecule has 0 aromatic rings. The molecule has 0 bridgehead atoms. The van der Waals surface area contributed by atoms with Gasteiger partial charge in [0, 0.05) is 26.4 Å². The number of carbonyl (C=O) groups excluding carboxylic acids is 4. The summed E-state index contributed by atoms with van der Waals surface area (Å²) in [5.74, 6) is 0. The minimum atomic E-state index is -1.40. The van der Waals surface area contributed by atoms with Gasteiger partial charge in [0.25, 0.3) is 24.6 Å². The third-order valence-corrected chi connectivity index (χ3v) is 19.0. The van der Waals surface area contributed by atoms with Crippen LogP contribution >= 0.6 is 0 Å². The fraction of sp³-hybridized carbons (Fsp3) is 0.947. The average Bonchev–Trinajstić information content (AvgIpc) is 3.63. The Morgan fingerprint density at radius 3 is 0.416 bits per heavy atom. The average molecular weight is 1370 g/mol. The fourth-order valence-corrected chi connectivity index (χ4v) is 13.4. The van der Waals surface area contributed by atoms with Crippen molar-refractivity contribution < 1.29 is 58.6 Å². The monoisotopic (exact) mass is 1370 g/mol. The molecule has 0 spiro atoms. The Morgan fingerprint density at radius 2 is 0.315 bits per heavy atom. The number of hydrogen-bond acceptors (Lipinski definition) is 12. The van der Waals surface area contributed by atoms with Crippen molar-refractivity contribution in [2.75, 3.05) is 26.4 Å². The predicted molar refractivity (Wildman–Crippen MR) is 369 cm³/mol. The Balaban J connectivity index is -0.000000351. The molecular weight excluding hydrogens is 1220 g/mol. The van der Waals surface area contributed by atoms with Gasteiger partial charge in [-0.1, -0.05) is 289 Å². The molecule has 0 radical (unpaired) electrons. The first-order valence-corrected chi connectivity index (χ1v) is 37.7. The molecule has 0 rings (SSSR count). The first-order valence-electron chi connectivity index (χ1n) is 37.7. The summed E-state index contributed by atoms with van der Waals surface area (Å²) in [6.45, 7) is 28.5. The van der Waals surface area contributed by atoms with Gasteiger partial charge in [0.15, 0.2) is 0 Å². The Hall–Kier alpha value is -2.12. The number of ether oxygens (including phenoxy) is 4. The molecule has 0 aliphatic rings.